The number of ether oxygens (including phenoxy) is 1. The van der Waals surface area contributed by atoms with Gasteiger partial charge in [-0.3, -0.25) is 4.79 Å². The molecule has 1 aliphatic rings. The van der Waals surface area contributed by atoms with Crippen molar-refractivity contribution in [3.63, 3.8) is 0 Å². The van der Waals surface area contributed by atoms with Gasteiger partial charge >= 0.3 is 0 Å². The van der Waals surface area contributed by atoms with Crippen LogP contribution < -0.4 is 20.7 Å². The fourth-order valence-electron chi connectivity index (χ4n) is 3.61. The van der Waals surface area contributed by atoms with Crippen molar-refractivity contribution in [3.8, 4) is 11.6 Å². The number of aldehydes is 1. The van der Waals surface area contributed by atoms with E-state index in [1.54, 1.807) is 0 Å². The van der Waals surface area contributed by atoms with Gasteiger partial charge < -0.3 is 25.6 Å². The number of carbonyl (C=O) groups excluding carboxylic acids is 1. The van der Waals surface area contributed by atoms with Crippen molar-refractivity contribution in [1.29, 1.82) is 0 Å². The number of nitrogens with zero attached hydrogens (tertiary/aromatic N) is 4. The number of likely N-dealkylation sites (N-methyl/N-ethyl adjacent to an activating group) is 1. The van der Waals surface area contributed by atoms with Crippen LogP contribution in [-0.4, -0.2) is 54.4 Å². The number of piperazine rings is 1. The van der Waals surface area contributed by atoms with Crippen LogP contribution in [0.25, 0.3) is 0 Å². The third kappa shape index (κ3) is 5.20. The first kappa shape index (κ1) is 22.5. The van der Waals surface area contributed by atoms with Gasteiger partial charge in [0.1, 0.15) is 11.4 Å². The first-order valence-corrected chi connectivity index (χ1v) is 10.9. The highest BCUT2D eigenvalue weighted by molar-refractivity contribution is 5.82. The Bertz CT molecular complexity index is 1130. The summed E-state index contributed by atoms with van der Waals surface area (Å²) in [6.07, 6.45) is 1.09. The molecule has 172 valence electrons. The molecule has 33 heavy (non-hydrogen) atoms. The highest BCUT2D eigenvalue weighted by Gasteiger charge is 2.17. The lowest BCUT2D eigenvalue weighted by atomic mass is 10.2. The maximum absolute atomic E-state index is 14.2. The van der Waals surface area contributed by atoms with Gasteiger partial charge in [0, 0.05) is 49.3 Å². The van der Waals surface area contributed by atoms with E-state index in [0.29, 0.717) is 24.1 Å². The van der Waals surface area contributed by atoms with Crippen molar-refractivity contribution in [2.45, 2.75) is 13.3 Å². The number of nitrogen functional groups attached to an aromatic ring is 1. The third-order valence-electron chi connectivity index (χ3n) is 5.57. The van der Waals surface area contributed by atoms with Crippen molar-refractivity contribution < 1.29 is 13.9 Å². The lowest BCUT2D eigenvalue weighted by Gasteiger charge is -2.34. The van der Waals surface area contributed by atoms with E-state index in [0.717, 1.165) is 37.6 Å². The first-order chi connectivity index (χ1) is 16.0. The second-order valence-corrected chi connectivity index (χ2v) is 7.93. The number of carbonyl (C=O) groups is 1. The van der Waals surface area contributed by atoms with E-state index < -0.39 is 5.82 Å². The molecule has 8 nitrogen and oxygen atoms in total. The van der Waals surface area contributed by atoms with Crippen molar-refractivity contribution in [2.24, 2.45) is 0 Å². The molecular weight excluding hydrogens is 423 g/mol. The van der Waals surface area contributed by atoms with E-state index in [1.165, 1.54) is 18.2 Å². The number of halogens is 1. The maximum Gasteiger partial charge on any atom is 0.243 e. The van der Waals surface area contributed by atoms with Gasteiger partial charge in [-0.1, -0.05) is 6.92 Å². The smallest absolute Gasteiger partial charge is 0.243 e. The minimum absolute atomic E-state index is 0.0552. The summed E-state index contributed by atoms with van der Waals surface area (Å²) in [6.45, 7) is 5.86. The Balaban J connectivity index is 1.58. The third-order valence-corrected chi connectivity index (χ3v) is 5.57. The summed E-state index contributed by atoms with van der Waals surface area (Å²) in [5, 5.41) is 3.13. The number of aromatic nitrogens is 2. The molecule has 4 rings (SSSR count). The standard InChI is InChI=1S/C24H27FN6O2/c1-3-20-24(33-22-14-16(26)4-9-19(22)25)29-23(21(15-32)28-20)27-17-5-7-18(8-6-17)31-12-10-30(2)11-13-31/h4-9,14-15H,3,10-13,26H2,1-2H3,(H,27,29). The predicted molar refractivity (Wildman–Crippen MR) is 127 cm³/mol. The molecule has 2 aromatic carbocycles. The van der Waals surface area contributed by atoms with Gasteiger partial charge in [0.05, 0.1) is 0 Å². The molecule has 0 radical (unpaired) electrons. The number of benzene rings is 2. The Hall–Kier alpha value is -3.72. The molecule has 0 aliphatic carbocycles. The van der Waals surface area contributed by atoms with Crippen LogP contribution in [-0.2, 0) is 6.42 Å². The monoisotopic (exact) mass is 450 g/mol. The molecule has 1 aliphatic heterocycles. The van der Waals surface area contributed by atoms with Gasteiger partial charge in [-0.25, -0.2) is 9.37 Å². The van der Waals surface area contributed by atoms with Crippen molar-refractivity contribution >= 4 is 29.2 Å². The second-order valence-electron chi connectivity index (χ2n) is 7.93. The zero-order valence-corrected chi connectivity index (χ0v) is 18.7. The molecule has 0 bridgehead atoms. The van der Waals surface area contributed by atoms with Gasteiger partial charge in [-0.05, 0) is 49.9 Å². The van der Waals surface area contributed by atoms with Crippen molar-refractivity contribution in [3.05, 3.63) is 59.7 Å². The molecule has 1 fully saturated rings. The van der Waals surface area contributed by atoms with Crippen LogP contribution in [0.5, 0.6) is 11.6 Å². The predicted octanol–water partition coefficient (Wildman–Crippen LogP) is 3.86. The molecule has 9 heteroatoms. The number of rotatable bonds is 7. The van der Waals surface area contributed by atoms with E-state index in [-0.39, 0.29) is 23.1 Å². The Morgan fingerprint density at radius 1 is 1.12 bits per heavy atom. The zero-order valence-electron chi connectivity index (χ0n) is 18.7. The van der Waals surface area contributed by atoms with E-state index in [1.807, 2.05) is 31.2 Å². The fraction of sp³-hybridized carbons (Fsp3) is 0.292. The molecule has 3 N–H and O–H groups in total. The van der Waals surface area contributed by atoms with Crippen LogP contribution in [0.2, 0.25) is 0 Å². The fourth-order valence-corrected chi connectivity index (χ4v) is 3.61. The van der Waals surface area contributed by atoms with Crippen LogP contribution in [0.15, 0.2) is 42.5 Å². The van der Waals surface area contributed by atoms with Gasteiger partial charge in [0.25, 0.3) is 0 Å². The molecule has 1 aromatic heterocycles. The molecule has 0 amide bonds. The summed E-state index contributed by atoms with van der Waals surface area (Å²) < 4.78 is 19.9. The average Bonchev–Trinajstić information content (AvgIpc) is 2.83. The van der Waals surface area contributed by atoms with Crippen LogP contribution in [0.1, 0.15) is 23.1 Å². The average molecular weight is 451 g/mol. The van der Waals surface area contributed by atoms with Crippen LogP contribution in [0, 0.1) is 5.82 Å². The Morgan fingerprint density at radius 2 is 1.85 bits per heavy atom. The van der Waals surface area contributed by atoms with Gasteiger partial charge in [0.2, 0.25) is 5.88 Å². The number of hydrogen-bond donors (Lipinski definition) is 2. The number of nitrogens with one attached hydrogen (secondary N) is 1. The molecule has 3 aromatic rings. The summed E-state index contributed by atoms with van der Waals surface area (Å²) in [6, 6.07) is 12.0. The number of anilines is 4. The molecule has 1 saturated heterocycles. The van der Waals surface area contributed by atoms with Crippen molar-refractivity contribution in [1.82, 2.24) is 14.9 Å². The van der Waals surface area contributed by atoms with Gasteiger partial charge in [-0.15, -0.1) is 0 Å². The lowest BCUT2D eigenvalue weighted by molar-refractivity contribution is 0.111. The maximum atomic E-state index is 14.2. The first-order valence-electron chi connectivity index (χ1n) is 10.9. The summed E-state index contributed by atoms with van der Waals surface area (Å²) in [4.78, 5) is 25.1. The Morgan fingerprint density at radius 3 is 2.52 bits per heavy atom. The number of nitrogens with two attached hydrogens (primary N) is 1. The summed E-state index contributed by atoms with van der Waals surface area (Å²) >= 11 is 0. The lowest BCUT2D eigenvalue weighted by Crippen LogP contribution is -2.44. The topological polar surface area (TPSA) is 96.6 Å². The van der Waals surface area contributed by atoms with Crippen LogP contribution in [0.4, 0.5) is 27.3 Å². The van der Waals surface area contributed by atoms with Crippen LogP contribution >= 0.6 is 0 Å². The minimum Gasteiger partial charge on any atom is -0.434 e. The SMILES string of the molecule is CCc1nc(C=O)c(Nc2ccc(N3CCN(C)CC3)cc2)nc1Oc1cc(N)ccc1F. The highest BCUT2D eigenvalue weighted by Crippen LogP contribution is 2.30. The normalized spacial score (nSPS) is 14.2. The van der Waals surface area contributed by atoms with Gasteiger partial charge in [-0.2, -0.15) is 4.98 Å². The number of aryl methyl sites for hydroxylation is 1. The molecule has 2 heterocycles. The zero-order chi connectivity index (χ0) is 23.4. The second kappa shape index (κ2) is 9.83. The molecule has 0 unspecified atom stereocenters. The minimum atomic E-state index is -0.568. The summed E-state index contributed by atoms with van der Waals surface area (Å²) in [5.74, 6) is -0.278. The van der Waals surface area contributed by atoms with E-state index >= 15 is 0 Å². The van der Waals surface area contributed by atoms with Crippen LogP contribution in [0.3, 0.4) is 0 Å². The van der Waals surface area contributed by atoms with E-state index in [9.17, 15) is 9.18 Å². The highest BCUT2D eigenvalue weighted by atomic mass is 19.1. The molecule has 0 saturated carbocycles. The summed E-state index contributed by atoms with van der Waals surface area (Å²) in [5.41, 5.74) is 8.59. The van der Waals surface area contributed by atoms with E-state index in [4.69, 9.17) is 10.5 Å². The molecule has 0 spiro atoms. The van der Waals surface area contributed by atoms with E-state index in [2.05, 4.69) is 32.1 Å². The Labute approximate surface area is 192 Å². The summed E-state index contributed by atoms with van der Waals surface area (Å²) in [7, 11) is 2.12. The van der Waals surface area contributed by atoms with Gasteiger partial charge in [0.15, 0.2) is 23.7 Å². The Kier molecular flexibility index (Phi) is 6.69. The number of hydrogen-bond acceptors (Lipinski definition) is 8. The molecular formula is C24H27FN6O2. The quantitative estimate of drug-likeness (QED) is 0.414. The molecule has 0 atom stereocenters. The largest absolute Gasteiger partial charge is 0.434 e. The van der Waals surface area contributed by atoms with Crippen molar-refractivity contribution in [2.75, 3.05) is 49.2 Å².